The van der Waals surface area contributed by atoms with Crippen LogP contribution in [0.2, 0.25) is 0 Å². The molecule has 0 atom stereocenters. The van der Waals surface area contributed by atoms with Crippen LogP contribution in [0.1, 0.15) is 65.7 Å². The highest BCUT2D eigenvalue weighted by Crippen LogP contribution is 2.11. The topological polar surface area (TPSA) is 0 Å². The second-order valence-corrected chi connectivity index (χ2v) is 4.08. The summed E-state index contributed by atoms with van der Waals surface area (Å²) in [5, 5.41) is 0. The molecular formula is C12H25. The zero-order valence-electron chi connectivity index (χ0n) is 9.10. The van der Waals surface area contributed by atoms with Crippen LogP contribution in [0, 0.1) is 12.3 Å². The van der Waals surface area contributed by atoms with Gasteiger partial charge in [-0.1, -0.05) is 65.7 Å². The van der Waals surface area contributed by atoms with Gasteiger partial charge in [-0.2, -0.15) is 0 Å². The molecule has 0 N–H and O–H groups in total. The fourth-order valence-electron chi connectivity index (χ4n) is 1.40. The third-order valence-electron chi connectivity index (χ3n) is 2.23. The molecule has 0 aliphatic rings. The summed E-state index contributed by atoms with van der Waals surface area (Å²) in [7, 11) is 0. The van der Waals surface area contributed by atoms with Crippen molar-refractivity contribution in [2.45, 2.75) is 65.7 Å². The van der Waals surface area contributed by atoms with Crippen LogP contribution in [0.15, 0.2) is 0 Å². The molecule has 1 radical (unpaired) electrons. The highest BCUT2D eigenvalue weighted by molar-refractivity contribution is 4.60. The van der Waals surface area contributed by atoms with Crippen molar-refractivity contribution in [2.75, 3.05) is 0 Å². The average Bonchev–Trinajstić information content (AvgIpc) is 2.02. The van der Waals surface area contributed by atoms with Crippen molar-refractivity contribution in [3.8, 4) is 0 Å². The molecule has 0 aromatic heterocycles. The van der Waals surface area contributed by atoms with Gasteiger partial charge < -0.3 is 0 Å². The van der Waals surface area contributed by atoms with E-state index >= 15 is 0 Å². The van der Waals surface area contributed by atoms with Crippen molar-refractivity contribution in [3.05, 3.63) is 6.42 Å². The highest BCUT2D eigenvalue weighted by atomic mass is 14.0. The number of rotatable bonds is 8. The fourth-order valence-corrected chi connectivity index (χ4v) is 1.40. The van der Waals surface area contributed by atoms with Gasteiger partial charge >= 0.3 is 0 Å². The van der Waals surface area contributed by atoms with E-state index in [0.717, 1.165) is 5.92 Å². The lowest BCUT2D eigenvalue weighted by atomic mass is 10.0. The maximum atomic E-state index is 2.39. The summed E-state index contributed by atoms with van der Waals surface area (Å²) in [6.07, 6.45) is 12.1. The van der Waals surface area contributed by atoms with Gasteiger partial charge in [0.05, 0.1) is 0 Å². The van der Waals surface area contributed by atoms with Crippen LogP contribution in [-0.4, -0.2) is 0 Å². The summed E-state index contributed by atoms with van der Waals surface area (Å²) in [4.78, 5) is 0. The third kappa shape index (κ3) is 10.0. The number of hydrogen-bond donors (Lipinski definition) is 0. The van der Waals surface area contributed by atoms with E-state index in [4.69, 9.17) is 0 Å². The van der Waals surface area contributed by atoms with Gasteiger partial charge in [-0.3, -0.25) is 0 Å². The Morgan fingerprint density at radius 2 is 1.67 bits per heavy atom. The Bertz CT molecular complexity index is 74.1. The Labute approximate surface area is 78.8 Å². The summed E-state index contributed by atoms with van der Waals surface area (Å²) in [6, 6.07) is 0. The van der Waals surface area contributed by atoms with Crippen LogP contribution in [0.5, 0.6) is 0 Å². The third-order valence-corrected chi connectivity index (χ3v) is 2.23. The Balaban J connectivity index is 2.82. The molecule has 0 aliphatic carbocycles. The minimum atomic E-state index is 0.896. The van der Waals surface area contributed by atoms with Crippen LogP contribution in [0.3, 0.4) is 0 Å². The molecule has 0 saturated carbocycles. The largest absolute Gasteiger partial charge is 0.0651 e. The Hall–Kier alpha value is 0. The minimum absolute atomic E-state index is 0.896. The number of unbranched alkanes of at least 4 members (excludes halogenated alkanes) is 6. The molecule has 0 aromatic rings. The first-order valence-electron chi connectivity index (χ1n) is 5.59. The Morgan fingerprint density at radius 3 is 2.25 bits per heavy atom. The fraction of sp³-hybridized carbons (Fsp3) is 0.917. The first-order valence-corrected chi connectivity index (χ1v) is 5.59. The number of hydrogen-bond acceptors (Lipinski definition) is 0. The standard InChI is InChI=1S/C12H25/c1-4-5-6-7-8-9-10-11-12(2)3/h5,12H,4,6-11H2,1-3H3. The molecule has 0 saturated heterocycles. The van der Waals surface area contributed by atoms with Gasteiger partial charge in [0.25, 0.3) is 0 Å². The molecule has 12 heavy (non-hydrogen) atoms. The van der Waals surface area contributed by atoms with Gasteiger partial charge in [0.1, 0.15) is 0 Å². The van der Waals surface area contributed by atoms with E-state index in [2.05, 4.69) is 27.2 Å². The van der Waals surface area contributed by atoms with Gasteiger partial charge in [0.15, 0.2) is 0 Å². The molecule has 0 fully saturated rings. The van der Waals surface area contributed by atoms with Crippen LogP contribution in [0.25, 0.3) is 0 Å². The second-order valence-electron chi connectivity index (χ2n) is 4.08. The predicted octanol–water partition coefficient (Wildman–Crippen LogP) is 4.60. The molecule has 0 amide bonds. The van der Waals surface area contributed by atoms with E-state index in [-0.39, 0.29) is 0 Å². The van der Waals surface area contributed by atoms with Crippen LogP contribution >= 0.6 is 0 Å². The first-order chi connectivity index (χ1) is 5.77. The monoisotopic (exact) mass is 169 g/mol. The molecule has 0 heterocycles. The summed E-state index contributed by atoms with van der Waals surface area (Å²) < 4.78 is 0. The molecular weight excluding hydrogens is 144 g/mol. The lowest BCUT2D eigenvalue weighted by molar-refractivity contribution is 0.519. The van der Waals surface area contributed by atoms with Gasteiger partial charge in [0.2, 0.25) is 0 Å². The van der Waals surface area contributed by atoms with E-state index in [9.17, 15) is 0 Å². The van der Waals surface area contributed by atoms with Gasteiger partial charge in [-0.25, -0.2) is 0 Å². The van der Waals surface area contributed by atoms with Crippen molar-refractivity contribution in [3.63, 3.8) is 0 Å². The zero-order chi connectivity index (χ0) is 9.23. The Morgan fingerprint density at radius 1 is 1.00 bits per heavy atom. The molecule has 0 aromatic carbocycles. The molecule has 0 rings (SSSR count). The summed E-state index contributed by atoms with van der Waals surface area (Å²) in [5.74, 6) is 0.896. The van der Waals surface area contributed by atoms with E-state index in [1.807, 2.05) is 0 Å². The van der Waals surface area contributed by atoms with E-state index < -0.39 is 0 Å². The average molecular weight is 169 g/mol. The van der Waals surface area contributed by atoms with Crippen molar-refractivity contribution in [1.29, 1.82) is 0 Å². The Kier molecular flexibility index (Phi) is 9.09. The van der Waals surface area contributed by atoms with Gasteiger partial charge in [0, 0.05) is 0 Å². The van der Waals surface area contributed by atoms with Crippen LogP contribution in [-0.2, 0) is 0 Å². The molecule has 0 nitrogen and oxygen atoms in total. The summed E-state index contributed by atoms with van der Waals surface area (Å²) in [5.41, 5.74) is 0. The lowest BCUT2D eigenvalue weighted by Crippen LogP contribution is -1.87. The SMILES string of the molecule is CC[CH]CCCCCCC(C)C. The van der Waals surface area contributed by atoms with Crippen molar-refractivity contribution >= 4 is 0 Å². The van der Waals surface area contributed by atoms with Crippen LogP contribution < -0.4 is 0 Å². The maximum Gasteiger partial charge on any atom is -0.0389 e. The van der Waals surface area contributed by atoms with Crippen molar-refractivity contribution < 1.29 is 0 Å². The predicted molar refractivity (Wildman–Crippen MR) is 57.1 cm³/mol. The zero-order valence-corrected chi connectivity index (χ0v) is 9.10. The smallest absolute Gasteiger partial charge is 0.0389 e. The van der Waals surface area contributed by atoms with Crippen molar-refractivity contribution in [1.82, 2.24) is 0 Å². The van der Waals surface area contributed by atoms with Crippen molar-refractivity contribution in [2.24, 2.45) is 5.92 Å². The second kappa shape index (κ2) is 9.09. The quantitative estimate of drug-likeness (QED) is 0.466. The summed E-state index contributed by atoms with van der Waals surface area (Å²) in [6.45, 7) is 6.84. The molecule has 0 spiro atoms. The minimum Gasteiger partial charge on any atom is -0.0651 e. The highest BCUT2D eigenvalue weighted by Gasteiger charge is 1.93. The first kappa shape index (κ1) is 12.0. The van der Waals surface area contributed by atoms with Crippen LogP contribution in [0.4, 0.5) is 0 Å². The molecule has 73 valence electrons. The van der Waals surface area contributed by atoms with Gasteiger partial charge in [-0.15, -0.1) is 0 Å². The molecule has 0 heteroatoms. The van der Waals surface area contributed by atoms with E-state index in [0.29, 0.717) is 0 Å². The maximum absolute atomic E-state index is 2.39. The normalized spacial score (nSPS) is 11.0. The molecule has 0 aliphatic heterocycles. The molecule has 0 bridgehead atoms. The lowest BCUT2D eigenvalue weighted by Gasteiger charge is -2.03. The summed E-state index contributed by atoms with van der Waals surface area (Å²) >= 11 is 0. The van der Waals surface area contributed by atoms with E-state index in [1.165, 1.54) is 44.9 Å². The van der Waals surface area contributed by atoms with Gasteiger partial charge in [-0.05, 0) is 12.3 Å². The molecule has 0 unspecified atom stereocenters. The van der Waals surface area contributed by atoms with E-state index in [1.54, 1.807) is 0 Å².